The van der Waals surface area contributed by atoms with Crippen molar-refractivity contribution in [2.24, 2.45) is 5.73 Å². The highest BCUT2D eigenvalue weighted by Crippen LogP contribution is 2.27. The number of nitrogens with zero attached hydrogens (tertiary/aromatic N) is 1. The minimum Gasteiger partial charge on any atom is -0.467 e. The molecule has 0 fully saturated rings. The van der Waals surface area contributed by atoms with Crippen LogP contribution in [0.25, 0.3) is 0 Å². The minimum atomic E-state index is -1.17. The molecule has 1 aliphatic rings. The number of anilines is 1. The van der Waals surface area contributed by atoms with Crippen molar-refractivity contribution >= 4 is 29.3 Å². The van der Waals surface area contributed by atoms with E-state index in [1.54, 1.807) is 12.1 Å². The van der Waals surface area contributed by atoms with E-state index in [4.69, 9.17) is 10.2 Å². The molecule has 0 spiro atoms. The standard InChI is InChI=1S/C21H13F2N3O5/c22-15-8-16(23)17(7-14(15)18(24)27)25-19(28)10-3-4-12-13(6-10)21(30)26(20(12)29)9-11-2-1-5-31-11/h1-8H,9H2,(H2,24,27)(H,25,28). The van der Waals surface area contributed by atoms with Crippen LogP contribution in [0.2, 0.25) is 0 Å². The molecule has 1 aliphatic heterocycles. The summed E-state index contributed by atoms with van der Waals surface area (Å²) in [5.41, 5.74) is 4.02. The van der Waals surface area contributed by atoms with Crippen LogP contribution < -0.4 is 11.1 Å². The molecule has 0 atom stereocenters. The molecule has 2 aromatic carbocycles. The number of carbonyl (C=O) groups excluding carboxylic acids is 4. The summed E-state index contributed by atoms with van der Waals surface area (Å²) in [7, 11) is 0. The summed E-state index contributed by atoms with van der Waals surface area (Å²) in [6, 6.07) is 8.22. The lowest BCUT2D eigenvalue weighted by atomic mass is 10.0. The van der Waals surface area contributed by atoms with Gasteiger partial charge in [-0.15, -0.1) is 0 Å². The quantitative estimate of drug-likeness (QED) is 0.609. The summed E-state index contributed by atoms with van der Waals surface area (Å²) in [5, 5.41) is 2.20. The Labute approximate surface area is 173 Å². The molecule has 3 aromatic rings. The van der Waals surface area contributed by atoms with Crippen LogP contribution in [0.3, 0.4) is 0 Å². The molecule has 0 saturated heterocycles. The van der Waals surface area contributed by atoms with E-state index in [1.807, 2.05) is 0 Å². The van der Waals surface area contributed by atoms with Crippen molar-refractivity contribution in [1.82, 2.24) is 4.90 Å². The Kier molecular flexibility index (Phi) is 4.82. The number of carbonyl (C=O) groups is 4. The zero-order valence-corrected chi connectivity index (χ0v) is 15.6. The van der Waals surface area contributed by atoms with E-state index in [1.165, 1.54) is 24.5 Å². The van der Waals surface area contributed by atoms with Crippen LogP contribution in [-0.2, 0) is 6.54 Å². The van der Waals surface area contributed by atoms with Crippen LogP contribution in [0.15, 0.2) is 53.1 Å². The Morgan fingerprint density at radius 1 is 1.00 bits per heavy atom. The average molecular weight is 425 g/mol. The third-order valence-electron chi connectivity index (χ3n) is 4.70. The number of primary amides is 1. The highest BCUT2D eigenvalue weighted by molar-refractivity contribution is 6.22. The fourth-order valence-electron chi connectivity index (χ4n) is 3.16. The predicted octanol–water partition coefficient (Wildman–Crippen LogP) is 2.71. The molecule has 156 valence electrons. The first-order chi connectivity index (χ1) is 14.8. The normalized spacial score (nSPS) is 12.8. The van der Waals surface area contributed by atoms with Crippen molar-refractivity contribution < 1.29 is 32.4 Å². The zero-order chi connectivity index (χ0) is 22.3. The van der Waals surface area contributed by atoms with Crippen molar-refractivity contribution in [3.05, 3.63) is 88.4 Å². The first kappa shape index (κ1) is 20.0. The van der Waals surface area contributed by atoms with Gasteiger partial charge in [-0.3, -0.25) is 24.1 Å². The van der Waals surface area contributed by atoms with Gasteiger partial charge >= 0.3 is 0 Å². The van der Waals surface area contributed by atoms with E-state index in [9.17, 15) is 28.0 Å². The van der Waals surface area contributed by atoms with Crippen molar-refractivity contribution in [3.63, 3.8) is 0 Å². The van der Waals surface area contributed by atoms with E-state index < -0.39 is 46.5 Å². The molecule has 0 bridgehead atoms. The first-order valence-electron chi connectivity index (χ1n) is 8.89. The number of nitrogens with two attached hydrogens (primary N) is 1. The maximum atomic E-state index is 14.0. The minimum absolute atomic E-state index is 0.00149. The molecule has 2 heterocycles. The topological polar surface area (TPSA) is 123 Å². The van der Waals surface area contributed by atoms with Crippen LogP contribution in [0.1, 0.15) is 47.2 Å². The number of imide groups is 1. The largest absolute Gasteiger partial charge is 0.467 e. The van der Waals surface area contributed by atoms with Gasteiger partial charge in [0.25, 0.3) is 23.6 Å². The van der Waals surface area contributed by atoms with Crippen molar-refractivity contribution in [2.45, 2.75) is 6.54 Å². The highest BCUT2D eigenvalue weighted by Gasteiger charge is 2.36. The number of hydrogen-bond donors (Lipinski definition) is 2. The second kappa shape index (κ2) is 7.48. The van der Waals surface area contributed by atoms with Gasteiger partial charge < -0.3 is 15.5 Å². The molecule has 0 aliphatic carbocycles. The van der Waals surface area contributed by atoms with Crippen LogP contribution in [-0.4, -0.2) is 28.5 Å². The monoisotopic (exact) mass is 425 g/mol. The number of furan rings is 1. The zero-order valence-electron chi connectivity index (χ0n) is 15.6. The summed E-state index contributed by atoms with van der Waals surface area (Å²) in [6.45, 7) is -0.0719. The Morgan fingerprint density at radius 2 is 1.74 bits per heavy atom. The smallest absolute Gasteiger partial charge is 0.261 e. The van der Waals surface area contributed by atoms with Gasteiger partial charge in [0.2, 0.25) is 0 Å². The van der Waals surface area contributed by atoms with Crippen molar-refractivity contribution in [2.75, 3.05) is 5.32 Å². The highest BCUT2D eigenvalue weighted by atomic mass is 19.1. The van der Waals surface area contributed by atoms with Gasteiger partial charge in [-0.05, 0) is 36.4 Å². The number of amides is 4. The molecule has 8 nitrogen and oxygen atoms in total. The third-order valence-corrected chi connectivity index (χ3v) is 4.70. The number of halogens is 2. The maximum absolute atomic E-state index is 14.0. The van der Waals surface area contributed by atoms with Gasteiger partial charge in [-0.2, -0.15) is 0 Å². The Balaban J connectivity index is 1.59. The van der Waals surface area contributed by atoms with Gasteiger partial charge in [-0.1, -0.05) is 0 Å². The average Bonchev–Trinajstić information content (AvgIpc) is 3.32. The fraction of sp³-hybridized carbons (Fsp3) is 0.0476. The molecule has 4 rings (SSSR count). The van der Waals surface area contributed by atoms with E-state index >= 15 is 0 Å². The Hall–Kier alpha value is -4.34. The molecule has 0 radical (unpaired) electrons. The molecule has 0 unspecified atom stereocenters. The summed E-state index contributed by atoms with van der Waals surface area (Å²) < 4.78 is 32.8. The van der Waals surface area contributed by atoms with Crippen molar-refractivity contribution in [1.29, 1.82) is 0 Å². The Bertz CT molecular complexity index is 1250. The number of hydrogen-bond acceptors (Lipinski definition) is 5. The molecule has 1 aromatic heterocycles. The van der Waals surface area contributed by atoms with Crippen molar-refractivity contribution in [3.8, 4) is 0 Å². The molecular formula is C21H13F2N3O5. The molecular weight excluding hydrogens is 412 g/mol. The number of rotatable bonds is 5. The Morgan fingerprint density at radius 3 is 2.42 bits per heavy atom. The molecule has 0 saturated carbocycles. The lowest BCUT2D eigenvalue weighted by molar-refractivity contribution is 0.0631. The van der Waals surface area contributed by atoms with Crippen LogP contribution in [0.4, 0.5) is 14.5 Å². The lowest BCUT2D eigenvalue weighted by Gasteiger charge is -2.11. The van der Waals surface area contributed by atoms with Gasteiger partial charge in [-0.25, -0.2) is 8.78 Å². The maximum Gasteiger partial charge on any atom is 0.261 e. The second-order valence-corrected chi connectivity index (χ2v) is 6.67. The predicted molar refractivity (Wildman–Crippen MR) is 102 cm³/mol. The van der Waals surface area contributed by atoms with E-state index in [0.717, 1.165) is 11.0 Å². The third kappa shape index (κ3) is 3.54. The number of nitrogens with one attached hydrogen (secondary N) is 1. The van der Waals surface area contributed by atoms with E-state index in [0.29, 0.717) is 11.8 Å². The SMILES string of the molecule is NC(=O)c1cc(NC(=O)c2ccc3c(c2)C(=O)N(Cc2ccco2)C3=O)c(F)cc1F. The van der Waals surface area contributed by atoms with Gasteiger partial charge in [0.1, 0.15) is 17.4 Å². The van der Waals surface area contributed by atoms with Crippen LogP contribution >= 0.6 is 0 Å². The summed E-state index contributed by atoms with van der Waals surface area (Å²) >= 11 is 0. The second-order valence-electron chi connectivity index (χ2n) is 6.67. The van der Waals surface area contributed by atoms with Crippen LogP contribution in [0.5, 0.6) is 0 Å². The fourth-order valence-corrected chi connectivity index (χ4v) is 3.16. The number of benzene rings is 2. The molecule has 31 heavy (non-hydrogen) atoms. The molecule has 10 heteroatoms. The lowest BCUT2D eigenvalue weighted by Crippen LogP contribution is -2.28. The first-order valence-corrected chi connectivity index (χ1v) is 8.89. The van der Waals surface area contributed by atoms with Crippen LogP contribution in [0, 0.1) is 11.6 Å². The van der Waals surface area contributed by atoms with E-state index in [2.05, 4.69) is 5.32 Å². The van der Waals surface area contributed by atoms with Gasteiger partial charge in [0.15, 0.2) is 0 Å². The van der Waals surface area contributed by atoms with Gasteiger partial charge in [0, 0.05) is 11.6 Å². The summed E-state index contributed by atoms with van der Waals surface area (Å²) in [5.74, 6) is -5.01. The summed E-state index contributed by atoms with van der Waals surface area (Å²) in [4.78, 5) is 49.9. The molecule has 4 amide bonds. The number of fused-ring (bicyclic) bond motifs is 1. The van der Waals surface area contributed by atoms with Gasteiger partial charge in [0.05, 0.1) is 35.2 Å². The summed E-state index contributed by atoms with van der Waals surface area (Å²) in [6.07, 6.45) is 1.41. The van der Waals surface area contributed by atoms with E-state index in [-0.39, 0.29) is 23.2 Å². The molecule has 3 N–H and O–H groups in total.